The largest absolute Gasteiger partial charge is 0.311 e. The molecule has 0 radical (unpaired) electrons. The van der Waals surface area contributed by atoms with E-state index in [-0.39, 0.29) is 39.2 Å². The second kappa shape index (κ2) is 16.8. The molecular formula is C66H78BN3. The Morgan fingerprint density at radius 3 is 1.04 bits per heavy atom. The standard InChI is InChI=1S/C66H78BN3/c1-61(2,3)43-25-23-27-47(37-43)68-56-39-45(63(7,8)9)33-35-52(56)67-53-36-34-46(64(10,11)12)40-57(53)69(48-28-24-26-44(38-48)62(4,5)6)59-42-49(41-58(68)60(59)67)70(54-31-21-19-29-50(54)65(13,14)15)55-32-22-20-30-51(55)66(16,17)18/h19-42H,1-18H3. The number of anilines is 9. The van der Waals surface area contributed by atoms with Crippen molar-refractivity contribution in [1.82, 2.24) is 0 Å². The average Bonchev–Trinajstić information content (AvgIpc) is 3.27. The molecule has 0 amide bonds. The molecule has 7 aromatic carbocycles. The Hall–Kier alpha value is -6.00. The van der Waals surface area contributed by atoms with Crippen LogP contribution in [0.5, 0.6) is 0 Å². The molecule has 9 rings (SSSR count). The summed E-state index contributed by atoms with van der Waals surface area (Å²) in [4.78, 5) is 7.85. The van der Waals surface area contributed by atoms with Crippen molar-refractivity contribution in [2.24, 2.45) is 0 Å². The van der Waals surface area contributed by atoms with Gasteiger partial charge in [0, 0.05) is 45.5 Å². The number of para-hydroxylation sites is 2. The summed E-state index contributed by atoms with van der Waals surface area (Å²) >= 11 is 0. The number of hydrogen-bond donors (Lipinski definition) is 0. The highest BCUT2D eigenvalue weighted by Gasteiger charge is 2.45. The Morgan fingerprint density at radius 2 is 0.686 bits per heavy atom. The Kier molecular flexibility index (Phi) is 11.8. The molecule has 3 nitrogen and oxygen atoms in total. The van der Waals surface area contributed by atoms with Crippen molar-refractivity contribution in [3.05, 3.63) is 179 Å². The van der Waals surface area contributed by atoms with E-state index in [0.717, 1.165) is 5.69 Å². The van der Waals surface area contributed by atoms with E-state index in [2.05, 4.69) is 285 Å². The first-order valence-electron chi connectivity index (χ1n) is 25.8. The minimum Gasteiger partial charge on any atom is -0.311 e. The van der Waals surface area contributed by atoms with Crippen molar-refractivity contribution in [1.29, 1.82) is 0 Å². The molecule has 0 N–H and O–H groups in total. The molecule has 2 heterocycles. The Bertz CT molecular complexity index is 2920. The van der Waals surface area contributed by atoms with Gasteiger partial charge in [0.1, 0.15) is 0 Å². The lowest BCUT2D eigenvalue weighted by Crippen LogP contribution is -2.61. The van der Waals surface area contributed by atoms with Crippen molar-refractivity contribution in [2.75, 3.05) is 14.7 Å². The average molecular weight is 924 g/mol. The summed E-state index contributed by atoms with van der Waals surface area (Å²) in [5.41, 5.74) is 22.1. The zero-order valence-electron chi connectivity index (χ0n) is 45.8. The molecule has 360 valence electrons. The van der Waals surface area contributed by atoms with Gasteiger partial charge in [-0.3, -0.25) is 0 Å². The zero-order chi connectivity index (χ0) is 50.7. The molecule has 70 heavy (non-hydrogen) atoms. The van der Waals surface area contributed by atoms with Crippen molar-refractivity contribution >= 4 is 74.3 Å². The molecule has 0 saturated heterocycles. The van der Waals surface area contributed by atoms with Gasteiger partial charge in [-0.05, 0) is 143 Å². The molecule has 4 heteroatoms. The fourth-order valence-corrected chi connectivity index (χ4v) is 10.8. The number of hydrogen-bond acceptors (Lipinski definition) is 3. The van der Waals surface area contributed by atoms with Gasteiger partial charge in [-0.2, -0.15) is 0 Å². The molecule has 0 fully saturated rings. The van der Waals surface area contributed by atoms with Crippen LogP contribution in [-0.4, -0.2) is 6.71 Å². The fourth-order valence-electron chi connectivity index (χ4n) is 10.8. The van der Waals surface area contributed by atoms with Crippen LogP contribution >= 0.6 is 0 Å². The summed E-state index contributed by atoms with van der Waals surface area (Å²) in [7, 11) is 0. The van der Waals surface area contributed by atoms with Gasteiger partial charge in [0.05, 0.1) is 5.69 Å². The number of benzene rings is 7. The first kappa shape index (κ1) is 49.0. The summed E-state index contributed by atoms with van der Waals surface area (Å²) in [6, 6.07) is 56.8. The third-order valence-corrected chi connectivity index (χ3v) is 14.9. The van der Waals surface area contributed by atoms with Gasteiger partial charge in [-0.25, -0.2) is 0 Å². The second-order valence-corrected chi connectivity index (χ2v) is 26.5. The van der Waals surface area contributed by atoms with E-state index in [1.807, 2.05) is 0 Å². The van der Waals surface area contributed by atoms with E-state index < -0.39 is 0 Å². The highest BCUT2D eigenvalue weighted by atomic mass is 15.2. The van der Waals surface area contributed by atoms with E-state index in [9.17, 15) is 0 Å². The lowest BCUT2D eigenvalue weighted by atomic mass is 9.33. The highest BCUT2D eigenvalue weighted by Crippen LogP contribution is 2.52. The third kappa shape index (κ3) is 8.79. The van der Waals surface area contributed by atoms with E-state index >= 15 is 0 Å². The second-order valence-electron chi connectivity index (χ2n) is 26.5. The van der Waals surface area contributed by atoms with Crippen molar-refractivity contribution in [3.8, 4) is 0 Å². The molecular weight excluding hydrogens is 846 g/mol. The summed E-state index contributed by atoms with van der Waals surface area (Å²) in [6.45, 7) is 42.1. The summed E-state index contributed by atoms with van der Waals surface area (Å²) in [5.74, 6) is 0. The van der Waals surface area contributed by atoms with Crippen LogP contribution in [0, 0.1) is 0 Å². The Labute approximate surface area is 423 Å². The lowest BCUT2D eigenvalue weighted by molar-refractivity contribution is 0.586. The maximum Gasteiger partial charge on any atom is 0.252 e. The van der Waals surface area contributed by atoms with Gasteiger partial charge in [-0.15, -0.1) is 0 Å². The van der Waals surface area contributed by atoms with Crippen LogP contribution in [-0.2, 0) is 32.5 Å². The first-order valence-corrected chi connectivity index (χ1v) is 25.8. The number of nitrogens with zero attached hydrogens (tertiary/aromatic N) is 3. The van der Waals surface area contributed by atoms with Crippen molar-refractivity contribution in [3.63, 3.8) is 0 Å². The topological polar surface area (TPSA) is 9.72 Å². The van der Waals surface area contributed by atoms with Crippen LogP contribution in [0.2, 0.25) is 0 Å². The molecule has 2 aliphatic rings. The molecule has 2 aliphatic heterocycles. The molecule has 0 aromatic heterocycles. The van der Waals surface area contributed by atoms with Crippen LogP contribution in [0.1, 0.15) is 158 Å². The zero-order valence-corrected chi connectivity index (χ0v) is 45.8. The quantitative estimate of drug-likeness (QED) is 0.159. The molecule has 0 aliphatic carbocycles. The molecule has 0 bridgehead atoms. The van der Waals surface area contributed by atoms with Crippen LogP contribution in [0.15, 0.2) is 146 Å². The van der Waals surface area contributed by atoms with Crippen molar-refractivity contribution < 1.29 is 0 Å². The van der Waals surface area contributed by atoms with E-state index in [0.29, 0.717) is 0 Å². The van der Waals surface area contributed by atoms with E-state index in [4.69, 9.17) is 0 Å². The van der Waals surface area contributed by atoms with Gasteiger partial charge < -0.3 is 14.7 Å². The lowest BCUT2D eigenvalue weighted by Gasteiger charge is -2.46. The maximum absolute atomic E-state index is 2.63. The molecule has 0 unspecified atom stereocenters. The first-order chi connectivity index (χ1) is 32.5. The van der Waals surface area contributed by atoms with Gasteiger partial charge >= 0.3 is 0 Å². The smallest absolute Gasteiger partial charge is 0.252 e. The summed E-state index contributed by atoms with van der Waals surface area (Å²) in [5, 5.41) is 0. The Morgan fingerprint density at radius 1 is 0.329 bits per heavy atom. The minimum atomic E-state index is -0.136. The normalized spacial score (nSPS) is 14.1. The van der Waals surface area contributed by atoms with Crippen molar-refractivity contribution in [2.45, 2.75) is 157 Å². The van der Waals surface area contributed by atoms with Gasteiger partial charge in [0.15, 0.2) is 0 Å². The van der Waals surface area contributed by atoms with Gasteiger partial charge in [-0.1, -0.05) is 210 Å². The maximum atomic E-state index is 2.63. The third-order valence-electron chi connectivity index (χ3n) is 14.9. The molecule has 0 spiro atoms. The van der Waals surface area contributed by atoms with Crippen LogP contribution in [0.4, 0.5) is 51.2 Å². The molecule has 7 aromatic rings. The summed E-state index contributed by atoms with van der Waals surface area (Å²) in [6.07, 6.45) is 0. The van der Waals surface area contributed by atoms with E-state index in [1.165, 1.54) is 95.3 Å². The molecule has 0 atom stereocenters. The van der Waals surface area contributed by atoms with E-state index in [1.54, 1.807) is 0 Å². The molecule has 0 saturated carbocycles. The SMILES string of the molecule is CC(C)(C)c1cccc(N2c3cc(C(C)(C)C)ccc3B3c4ccc(C(C)(C)C)cc4N(c4cccc(C(C)(C)C)c4)c4cc(N(c5ccccc5C(C)(C)C)c5ccccc5C(C)(C)C)cc2c43)c1. The fraction of sp³-hybridized carbons (Fsp3) is 0.364. The minimum absolute atomic E-state index is 0.0200. The van der Waals surface area contributed by atoms with Crippen LogP contribution < -0.4 is 31.1 Å². The monoisotopic (exact) mass is 924 g/mol. The van der Waals surface area contributed by atoms with Crippen LogP contribution in [0.25, 0.3) is 0 Å². The predicted molar refractivity (Wildman–Crippen MR) is 307 cm³/mol. The highest BCUT2D eigenvalue weighted by molar-refractivity contribution is 7.00. The number of fused-ring (bicyclic) bond motifs is 4. The van der Waals surface area contributed by atoms with Gasteiger partial charge in [0.25, 0.3) is 6.71 Å². The number of rotatable bonds is 5. The Balaban J connectivity index is 1.51. The van der Waals surface area contributed by atoms with Crippen LogP contribution in [0.3, 0.4) is 0 Å². The summed E-state index contributed by atoms with van der Waals surface area (Å²) < 4.78 is 0. The van der Waals surface area contributed by atoms with Gasteiger partial charge in [0.2, 0.25) is 0 Å². The predicted octanol–water partition coefficient (Wildman–Crippen LogP) is 17.0.